The molecule has 154 valence electrons. The van der Waals surface area contributed by atoms with Gasteiger partial charge < -0.3 is 0 Å². The number of pyridine rings is 1. The SMILES string of the molecule is [2H]C([2H])(c1ccnc(-c2cccc3c2sc2c(F)c(-c4ccccc4)ccc23)c1)[Si](C)(C)C. The molecule has 2 aromatic heterocycles. The molecule has 0 radical (unpaired) electrons. The fraction of sp³-hybridized carbons (Fsp3) is 0.148. The average Bonchev–Trinajstić information content (AvgIpc) is 3.19. The van der Waals surface area contributed by atoms with Crippen LogP contribution in [0.5, 0.6) is 0 Å². The van der Waals surface area contributed by atoms with Gasteiger partial charge in [-0.3, -0.25) is 4.98 Å². The van der Waals surface area contributed by atoms with E-state index in [2.05, 4.69) is 4.98 Å². The van der Waals surface area contributed by atoms with Crippen LogP contribution in [-0.4, -0.2) is 13.1 Å². The van der Waals surface area contributed by atoms with Gasteiger partial charge in [-0.05, 0) is 29.3 Å². The topological polar surface area (TPSA) is 12.9 Å². The van der Waals surface area contributed by atoms with Crippen LogP contribution in [-0.2, 0) is 6.00 Å². The van der Waals surface area contributed by atoms with Gasteiger partial charge in [0, 0.05) is 43.6 Å². The van der Waals surface area contributed by atoms with Crippen molar-refractivity contribution in [2.24, 2.45) is 0 Å². The summed E-state index contributed by atoms with van der Waals surface area (Å²) in [5, 5.41) is 1.88. The molecule has 0 unspecified atom stereocenters. The monoisotopic (exact) mass is 443 g/mol. The van der Waals surface area contributed by atoms with Crippen molar-refractivity contribution in [1.82, 2.24) is 4.98 Å². The number of thiophene rings is 1. The predicted octanol–water partition coefficient (Wildman–Crippen LogP) is 8.34. The molecule has 1 nitrogen and oxygen atoms in total. The van der Waals surface area contributed by atoms with E-state index in [9.17, 15) is 0 Å². The van der Waals surface area contributed by atoms with Gasteiger partial charge in [0.1, 0.15) is 5.82 Å². The molecule has 0 fully saturated rings. The minimum atomic E-state index is -2.12. The Bertz CT molecular complexity index is 1490. The van der Waals surface area contributed by atoms with Crippen molar-refractivity contribution in [3.8, 4) is 22.4 Å². The van der Waals surface area contributed by atoms with Crippen LogP contribution in [0.1, 0.15) is 8.30 Å². The zero-order chi connectivity index (χ0) is 23.4. The molecule has 0 aliphatic carbocycles. The summed E-state index contributed by atoms with van der Waals surface area (Å²) in [6.45, 7) is 6.10. The largest absolute Gasteiger partial charge is 0.256 e. The smallest absolute Gasteiger partial charge is 0.148 e. The number of fused-ring (bicyclic) bond motifs is 3. The molecule has 4 heteroatoms. The molecule has 5 rings (SSSR count). The highest BCUT2D eigenvalue weighted by molar-refractivity contribution is 7.26. The van der Waals surface area contributed by atoms with Crippen molar-refractivity contribution in [3.63, 3.8) is 0 Å². The second kappa shape index (κ2) is 7.70. The highest BCUT2D eigenvalue weighted by Gasteiger charge is 2.18. The zero-order valence-corrected chi connectivity index (χ0v) is 19.6. The van der Waals surface area contributed by atoms with Crippen molar-refractivity contribution < 1.29 is 7.13 Å². The molecule has 0 N–H and O–H groups in total. The zero-order valence-electron chi connectivity index (χ0n) is 19.7. The minimum Gasteiger partial charge on any atom is -0.256 e. The Labute approximate surface area is 190 Å². The van der Waals surface area contributed by atoms with Crippen molar-refractivity contribution in [1.29, 1.82) is 0 Å². The average molecular weight is 444 g/mol. The van der Waals surface area contributed by atoms with Crippen molar-refractivity contribution >= 4 is 39.6 Å². The van der Waals surface area contributed by atoms with Gasteiger partial charge in [-0.1, -0.05) is 80.3 Å². The van der Waals surface area contributed by atoms with Gasteiger partial charge in [0.15, 0.2) is 0 Å². The summed E-state index contributed by atoms with van der Waals surface area (Å²) < 4.78 is 34.7. The summed E-state index contributed by atoms with van der Waals surface area (Å²) >= 11 is 1.44. The lowest BCUT2D eigenvalue weighted by atomic mass is 10.0. The van der Waals surface area contributed by atoms with E-state index in [1.807, 2.05) is 86.4 Å². The second-order valence-corrected chi connectivity index (χ2v) is 14.5. The number of aromatic nitrogens is 1. The third-order valence-electron chi connectivity index (χ3n) is 5.25. The number of benzene rings is 3. The van der Waals surface area contributed by atoms with Crippen LogP contribution in [0.3, 0.4) is 0 Å². The first-order valence-electron chi connectivity index (χ1n) is 11.3. The van der Waals surface area contributed by atoms with Crippen LogP contribution >= 0.6 is 11.3 Å². The van der Waals surface area contributed by atoms with E-state index in [-0.39, 0.29) is 5.82 Å². The summed E-state index contributed by atoms with van der Waals surface area (Å²) in [7, 11) is -2.12. The number of rotatable bonds is 4. The maximum Gasteiger partial charge on any atom is 0.148 e. The molecule has 5 aromatic rings. The molecule has 0 bridgehead atoms. The number of halogens is 1. The first-order valence-corrected chi connectivity index (χ1v) is 14.7. The van der Waals surface area contributed by atoms with Gasteiger partial charge in [-0.2, -0.15) is 0 Å². The third-order valence-corrected chi connectivity index (χ3v) is 7.53. The van der Waals surface area contributed by atoms with Crippen LogP contribution in [0.25, 0.3) is 42.6 Å². The molecule has 0 spiro atoms. The van der Waals surface area contributed by atoms with E-state index in [0.29, 0.717) is 15.8 Å². The quantitative estimate of drug-likeness (QED) is 0.254. The molecular formula is C27H24FNSSi. The van der Waals surface area contributed by atoms with E-state index < -0.39 is 14.1 Å². The van der Waals surface area contributed by atoms with Crippen LogP contribution in [0.2, 0.25) is 19.6 Å². The van der Waals surface area contributed by atoms with Crippen LogP contribution in [0, 0.1) is 5.82 Å². The fourth-order valence-corrected chi connectivity index (χ4v) is 6.24. The first kappa shape index (κ1) is 17.8. The summed E-state index contributed by atoms with van der Waals surface area (Å²) in [6.07, 6.45) is 1.68. The van der Waals surface area contributed by atoms with Gasteiger partial charge in [-0.15, -0.1) is 11.3 Å². The molecule has 3 aromatic carbocycles. The predicted molar refractivity (Wildman–Crippen MR) is 135 cm³/mol. The number of hydrogen-bond donors (Lipinski definition) is 0. The highest BCUT2D eigenvalue weighted by Crippen LogP contribution is 2.42. The van der Waals surface area contributed by atoms with Gasteiger partial charge in [0.2, 0.25) is 0 Å². The molecule has 0 saturated heterocycles. The lowest BCUT2D eigenvalue weighted by Gasteiger charge is -2.16. The molecular weight excluding hydrogens is 417 g/mol. The van der Waals surface area contributed by atoms with E-state index in [1.54, 1.807) is 12.3 Å². The third kappa shape index (κ3) is 3.82. The van der Waals surface area contributed by atoms with E-state index in [4.69, 9.17) is 2.74 Å². The Hall–Kier alpha value is -2.82. The lowest BCUT2D eigenvalue weighted by molar-refractivity contribution is 0.645. The summed E-state index contributed by atoms with van der Waals surface area (Å²) in [5.41, 5.74) is 3.73. The molecule has 0 aliphatic rings. The Morgan fingerprint density at radius 1 is 0.871 bits per heavy atom. The Balaban J connectivity index is 1.71. The van der Waals surface area contributed by atoms with Crippen LogP contribution < -0.4 is 0 Å². The molecule has 2 heterocycles. The van der Waals surface area contributed by atoms with E-state index in [1.165, 1.54) is 11.3 Å². The van der Waals surface area contributed by atoms with Gasteiger partial charge in [-0.25, -0.2) is 4.39 Å². The summed E-state index contributed by atoms with van der Waals surface area (Å²) in [4.78, 5) is 4.57. The van der Waals surface area contributed by atoms with Crippen LogP contribution in [0.4, 0.5) is 4.39 Å². The summed E-state index contributed by atoms with van der Waals surface area (Å²) in [6, 6.07) is 23.1. The minimum absolute atomic E-state index is 0.206. The number of nitrogens with zero attached hydrogens (tertiary/aromatic N) is 1. The molecule has 0 aliphatic heterocycles. The fourth-order valence-electron chi connectivity index (χ4n) is 3.96. The Morgan fingerprint density at radius 2 is 1.65 bits per heavy atom. The lowest BCUT2D eigenvalue weighted by Crippen LogP contribution is -2.23. The molecule has 31 heavy (non-hydrogen) atoms. The Morgan fingerprint density at radius 3 is 2.42 bits per heavy atom. The van der Waals surface area contributed by atoms with Gasteiger partial charge >= 0.3 is 0 Å². The second-order valence-electron chi connectivity index (χ2n) is 8.76. The van der Waals surface area contributed by atoms with Gasteiger partial charge in [0.25, 0.3) is 0 Å². The normalized spacial score (nSPS) is 13.4. The van der Waals surface area contributed by atoms with E-state index >= 15 is 4.39 Å². The molecule has 0 atom stereocenters. The van der Waals surface area contributed by atoms with E-state index in [0.717, 1.165) is 32.3 Å². The Kier molecular flexibility index (Phi) is 4.43. The van der Waals surface area contributed by atoms with Gasteiger partial charge in [0.05, 0.1) is 10.4 Å². The summed E-state index contributed by atoms with van der Waals surface area (Å²) in [5.74, 6) is -1.59. The highest BCUT2D eigenvalue weighted by atomic mass is 32.1. The van der Waals surface area contributed by atoms with Crippen LogP contribution in [0.15, 0.2) is 79.0 Å². The van der Waals surface area contributed by atoms with Crippen molar-refractivity contribution in [2.45, 2.75) is 25.6 Å². The van der Waals surface area contributed by atoms with Crippen molar-refractivity contribution in [2.75, 3.05) is 0 Å². The van der Waals surface area contributed by atoms with Crippen molar-refractivity contribution in [3.05, 3.63) is 90.4 Å². The number of hydrogen-bond acceptors (Lipinski definition) is 2. The maximum absolute atomic E-state index is 15.6. The molecule has 0 saturated carbocycles. The molecule has 0 amide bonds. The maximum atomic E-state index is 15.6. The first-order chi connectivity index (χ1) is 15.7. The standard InChI is InChI=1S/C27H24FNSSi/c1-31(2,3)17-18-14-15-29-24(16-18)23-11-7-10-21-22-13-12-20(19-8-5-4-6-9-19)25(28)27(22)30-26(21)23/h4-16H,17H2,1-3H3/i17D2.